The van der Waals surface area contributed by atoms with Crippen molar-refractivity contribution in [3.8, 4) is 0 Å². The number of tetrazole rings is 1. The number of aromatic nitrogens is 4. The summed E-state index contributed by atoms with van der Waals surface area (Å²) in [6.45, 7) is 13.2. The number of hydrazine groups is 1. The lowest BCUT2D eigenvalue weighted by Gasteiger charge is -2.44. The highest BCUT2D eigenvalue weighted by molar-refractivity contribution is 5.93. The zero-order chi connectivity index (χ0) is 21.3. The van der Waals surface area contributed by atoms with Crippen molar-refractivity contribution in [3.63, 3.8) is 0 Å². The lowest BCUT2D eigenvalue weighted by Crippen LogP contribution is -2.56. The topological polar surface area (TPSA) is 84.7 Å². The van der Waals surface area contributed by atoms with Crippen molar-refractivity contribution < 1.29 is 4.79 Å². The molecule has 7 nitrogen and oxygen atoms in total. The van der Waals surface area contributed by atoms with Crippen molar-refractivity contribution in [2.75, 3.05) is 0 Å². The van der Waals surface area contributed by atoms with Gasteiger partial charge in [-0.25, -0.2) is 10.1 Å². The van der Waals surface area contributed by atoms with E-state index in [1.165, 1.54) is 0 Å². The van der Waals surface area contributed by atoms with Gasteiger partial charge in [-0.05, 0) is 80.3 Å². The van der Waals surface area contributed by atoms with Gasteiger partial charge < -0.3 is 0 Å². The predicted molar refractivity (Wildman–Crippen MR) is 113 cm³/mol. The van der Waals surface area contributed by atoms with Gasteiger partial charge in [0.15, 0.2) is 5.82 Å². The van der Waals surface area contributed by atoms with Crippen LogP contribution in [0.4, 0.5) is 0 Å². The first-order chi connectivity index (χ1) is 13.5. The molecule has 1 aromatic heterocycles. The van der Waals surface area contributed by atoms with Crippen molar-refractivity contribution in [2.45, 2.75) is 78.3 Å². The van der Waals surface area contributed by atoms with Crippen LogP contribution in [0.1, 0.15) is 83.4 Å². The molecule has 0 bridgehead atoms. The fourth-order valence-corrected chi connectivity index (χ4v) is 4.16. The highest BCUT2D eigenvalue weighted by Gasteiger charge is 2.45. The van der Waals surface area contributed by atoms with E-state index in [0.717, 1.165) is 31.5 Å². The molecule has 3 rings (SSSR count). The summed E-state index contributed by atoms with van der Waals surface area (Å²) in [5.74, 6) is 1.25. The summed E-state index contributed by atoms with van der Waals surface area (Å²) >= 11 is 0. The zero-order valence-corrected chi connectivity index (χ0v) is 18.5. The first-order valence-electron chi connectivity index (χ1n) is 10.4. The van der Waals surface area contributed by atoms with E-state index < -0.39 is 5.54 Å². The number of nitrogens with one attached hydrogen (secondary N) is 2. The Morgan fingerprint density at radius 2 is 1.69 bits per heavy atom. The minimum Gasteiger partial charge on any atom is -0.286 e. The molecule has 0 atom stereocenters. The Balaban J connectivity index is 1.87. The predicted octanol–water partition coefficient (Wildman–Crippen LogP) is 3.79. The second-order valence-electron chi connectivity index (χ2n) is 10.3. The number of rotatable bonds is 4. The molecule has 2 aromatic rings. The summed E-state index contributed by atoms with van der Waals surface area (Å²) < 4.78 is 1.88. The number of benzene rings is 1. The molecule has 2 N–H and O–H groups in total. The lowest BCUT2D eigenvalue weighted by atomic mass is 9.67. The third kappa shape index (κ3) is 4.66. The van der Waals surface area contributed by atoms with E-state index in [-0.39, 0.29) is 16.9 Å². The fraction of sp³-hybridized carbons (Fsp3) is 0.636. The van der Waals surface area contributed by atoms with E-state index in [9.17, 15) is 4.79 Å². The van der Waals surface area contributed by atoms with Gasteiger partial charge in [-0.3, -0.25) is 10.2 Å². The summed E-state index contributed by atoms with van der Waals surface area (Å²) in [6, 6.07) is 9.23. The van der Waals surface area contributed by atoms with Crippen LogP contribution in [0, 0.1) is 11.3 Å². The van der Waals surface area contributed by atoms with Crippen LogP contribution in [0.25, 0.3) is 0 Å². The van der Waals surface area contributed by atoms with Gasteiger partial charge >= 0.3 is 0 Å². The van der Waals surface area contributed by atoms with E-state index in [1.54, 1.807) is 12.1 Å². The normalized spacial score (nSPS) is 23.0. The molecular formula is C22H34N6O. The van der Waals surface area contributed by atoms with Crippen molar-refractivity contribution in [1.82, 2.24) is 31.1 Å². The number of nitrogens with zero attached hydrogens (tertiary/aromatic N) is 4. The Kier molecular flexibility index (Phi) is 5.81. The summed E-state index contributed by atoms with van der Waals surface area (Å²) in [7, 11) is 0. The monoisotopic (exact) mass is 398 g/mol. The van der Waals surface area contributed by atoms with Gasteiger partial charge in [0, 0.05) is 5.56 Å². The SMILES string of the molecule is CC(C)(C)C1CCC(NNC(=O)c2ccccc2)(c2nnnn2C(C)(C)C)CC1. The summed E-state index contributed by atoms with van der Waals surface area (Å²) in [4.78, 5) is 12.7. The van der Waals surface area contributed by atoms with Crippen LogP contribution in [0.3, 0.4) is 0 Å². The van der Waals surface area contributed by atoms with Crippen LogP contribution in [0.15, 0.2) is 30.3 Å². The van der Waals surface area contributed by atoms with E-state index >= 15 is 0 Å². The standard InChI is InChI=1S/C22H34N6O/c1-20(2,3)17-12-14-22(15-13-17,19-24-26-27-28(19)21(4,5)6)25-23-18(29)16-10-8-7-9-11-16/h7-11,17,25H,12-15H2,1-6H3,(H,23,29). The van der Waals surface area contributed by atoms with E-state index in [0.29, 0.717) is 11.5 Å². The van der Waals surface area contributed by atoms with Crippen molar-refractivity contribution in [1.29, 1.82) is 0 Å². The van der Waals surface area contributed by atoms with Crippen LogP contribution >= 0.6 is 0 Å². The molecule has 1 saturated carbocycles. The summed E-state index contributed by atoms with van der Waals surface area (Å²) in [5, 5.41) is 12.6. The lowest BCUT2D eigenvalue weighted by molar-refractivity contribution is 0.0743. The summed E-state index contributed by atoms with van der Waals surface area (Å²) in [6.07, 6.45) is 3.82. The molecule has 1 aliphatic carbocycles. The molecule has 1 aliphatic rings. The molecular weight excluding hydrogens is 364 g/mol. The van der Waals surface area contributed by atoms with Gasteiger partial charge in [0.1, 0.15) is 0 Å². The zero-order valence-electron chi connectivity index (χ0n) is 18.5. The van der Waals surface area contributed by atoms with Crippen LogP contribution in [-0.2, 0) is 11.1 Å². The van der Waals surface area contributed by atoms with Crippen molar-refractivity contribution in [3.05, 3.63) is 41.7 Å². The van der Waals surface area contributed by atoms with Crippen LogP contribution in [0.5, 0.6) is 0 Å². The molecule has 7 heteroatoms. The first kappa shape index (κ1) is 21.4. The maximum atomic E-state index is 12.7. The second kappa shape index (κ2) is 7.86. The van der Waals surface area contributed by atoms with E-state index in [4.69, 9.17) is 0 Å². The molecule has 0 unspecified atom stereocenters. The fourth-order valence-electron chi connectivity index (χ4n) is 4.16. The third-order valence-electron chi connectivity index (χ3n) is 6.05. The molecule has 1 aromatic carbocycles. The highest BCUT2D eigenvalue weighted by atomic mass is 16.2. The molecule has 0 aliphatic heterocycles. The summed E-state index contributed by atoms with van der Waals surface area (Å²) in [5.41, 5.74) is 6.42. The largest absolute Gasteiger partial charge is 0.286 e. The molecule has 29 heavy (non-hydrogen) atoms. The number of hydrogen-bond donors (Lipinski definition) is 2. The van der Waals surface area contributed by atoms with Crippen LogP contribution in [0.2, 0.25) is 0 Å². The molecule has 0 saturated heterocycles. The van der Waals surface area contributed by atoms with Crippen LogP contribution < -0.4 is 10.9 Å². The maximum absolute atomic E-state index is 12.7. The Morgan fingerprint density at radius 1 is 1.07 bits per heavy atom. The van der Waals surface area contributed by atoms with E-state index in [1.807, 2.05) is 22.9 Å². The van der Waals surface area contributed by atoms with Gasteiger partial charge in [-0.15, -0.1) is 5.10 Å². The van der Waals surface area contributed by atoms with Gasteiger partial charge in [0.25, 0.3) is 5.91 Å². The minimum absolute atomic E-state index is 0.155. The van der Waals surface area contributed by atoms with Gasteiger partial charge in [0.2, 0.25) is 0 Å². The van der Waals surface area contributed by atoms with Crippen molar-refractivity contribution in [2.24, 2.45) is 11.3 Å². The quantitative estimate of drug-likeness (QED) is 0.766. The minimum atomic E-state index is -0.497. The smallest absolute Gasteiger partial charge is 0.265 e. The number of amides is 1. The molecule has 1 heterocycles. The molecule has 0 radical (unpaired) electrons. The second-order valence-corrected chi connectivity index (χ2v) is 10.3. The number of carbonyl (C=O) groups excluding carboxylic acids is 1. The van der Waals surface area contributed by atoms with Gasteiger partial charge in [-0.2, -0.15) is 0 Å². The Labute approximate surface area is 173 Å². The highest BCUT2D eigenvalue weighted by Crippen LogP contribution is 2.45. The van der Waals surface area contributed by atoms with Crippen LogP contribution in [-0.4, -0.2) is 26.1 Å². The molecule has 0 spiro atoms. The van der Waals surface area contributed by atoms with E-state index in [2.05, 4.69) is 67.9 Å². The van der Waals surface area contributed by atoms with Gasteiger partial charge in [0.05, 0.1) is 11.1 Å². The number of hydrogen-bond acceptors (Lipinski definition) is 5. The Bertz CT molecular complexity index is 823. The van der Waals surface area contributed by atoms with Gasteiger partial charge in [-0.1, -0.05) is 39.0 Å². The first-order valence-corrected chi connectivity index (χ1v) is 10.4. The number of carbonyl (C=O) groups is 1. The Hall–Kier alpha value is -2.28. The van der Waals surface area contributed by atoms with Crippen molar-refractivity contribution >= 4 is 5.91 Å². The molecule has 1 fully saturated rings. The molecule has 1 amide bonds. The maximum Gasteiger partial charge on any atom is 0.265 e. The average Bonchev–Trinajstić information content (AvgIpc) is 3.17. The Morgan fingerprint density at radius 3 is 2.24 bits per heavy atom. The third-order valence-corrected chi connectivity index (χ3v) is 6.05. The molecule has 158 valence electrons. The average molecular weight is 399 g/mol.